The van der Waals surface area contributed by atoms with Crippen molar-refractivity contribution in [3.63, 3.8) is 0 Å². The molecule has 1 aliphatic rings. The van der Waals surface area contributed by atoms with E-state index in [9.17, 15) is 8.42 Å². The van der Waals surface area contributed by atoms with Crippen LogP contribution in [-0.2, 0) is 10.0 Å². The quantitative estimate of drug-likeness (QED) is 0.820. The first kappa shape index (κ1) is 15.1. The molecule has 1 saturated carbocycles. The Kier molecular flexibility index (Phi) is 5.23. The molecule has 1 fully saturated rings. The van der Waals surface area contributed by atoms with Crippen LogP contribution in [0.1, 0.15) is 45.4 Å². The van der Waals surface area contributed by atoms with Gasteiger partial charge in [-0.3, -0.25) is 4.72 Å². The van der Waals surface area contributed by atoms with E-state index in [0.29, 0.717) is 11.9 Å². The summed E-state index contributed by atoms with van der Waals surface area (Å²) in [4.78, 5) is 4.15. The fourth-order valence-electron chi connectivity index (χ4n) is 2.43. The van der Waals surface area contributed by atoms with E-state index < -0.39 is 10.0 Å². The van der Waals surface area contributed by atoms with Gasteiger partial charge in [-0.25, -0.2) is 13.4 Å². The third-order valence-electron chi connectivity index (χ3n) is 3.63. The molecule has 1 heterocycles. The van der Waals surface area contributed by atoms with Crippen LogP contribution in [0.25, 0.3) is 0 Å². The smallest absolute Gasteiger partial charge is 0.233 e. The van der Waals surface area contributed by atoms with Crippen LogP contribution >= 0.6 is 0 Å². The van der Waals surface area contributed by atoms with Gasteiger partial charge >= 0.3 is 0 Å². The lowest BCUT2D eigenvalue weighted by Crippen LogP contribution is -2.19. The van der Waals surface area contributed by atoms with Gasteiger partial charge in [0.05, 0.1) is 17.6 Å². The number of rotatable bonds is 5. The van der Waals surface area contributed by atoms with Gasteiger partial charge in [-0.1, -0.05) is 25.7 Å². The molecule has 0 aliphatic heterocycles. The Bertz CT molecular complexity index is 506. The largest absolute Gasteiger partial charge is 0.381 e. The molecule has 112 valence electrons. The van der Waals surface area contributed by atoms with Crippen LogP contribution in [0, 0.1) is 0 Å². The number of nitrogens with zero attached hydrogens (tertiary/aromatic N) is 1. The molecule has 1 aromatic rings. The maximum atomic E-state index is 11.4. The van der Waals surface area contributed by atoms with Gasteiger partial charge in [0, 0.05) is 6.04 Å². The summed E-state index contributed by atoms with van der Waals surface area (Å²) in [6.07, 6.45) is 9.30. The number of pyridine rings is 1. The highest BCUT2D eigenvalue weighted by molar-refractivity contribution is 7.92. The maximum Gasteiger partial charge on any atom is 0.233 e. The molecule has 1 aromatic heterocycles. The summed E-state index contributed by atoms with van der Waals surface area (Å²) in [6.45, 7) is 1.60. The Balaban J connectivity index is 1.94. The molecular weight excluding hydrogens is 274 g/mol. The van der Waals surface area contributed by atoms with Crippen molar-refractivity contribution >= 4 is 21.5 Å². The average molecular weight is 297 g/mol. The van der Waals surface area contributed by atoms with Gasteiger partial charge in [-0.2, -0.15) is 0 Å². The van der Waals surface area contributed by atoms with Crippen LogP contribution in [0.4, 0.5) is 11.5 Å². The van der Waals surface area contributed by atoms with E-state index in [0.717, 1.165) is 5.69 Å². The van der Waals surface area contributed by atoms with Crippen LogP contribution in [0.2, 0.25) is 0 Å². The first-order valence-corrected chi connectivity index (χ1v) is 8.97. The summed E-state index contributed by atoms with van der Waals surface area (Å²) in [5.41, 5.74) is 0.955. The van der Waals surface area contributed by atoms with Gasteiger partial charge < -0.3 is 5.32 Å². The van der Waals surface area contributed by atoms with Gasteiger partial charge in [0.15, 0.2) is 0 Å². The summed E-state index contributed by atoms with van der Waals surface area (Å²) in [7, 11) is -3.25. The number of hydrogen-bond donors (Lipinski definition) is 2. The SMILES string of the molecule is CCS(=O)(=O)Nc1ccc(NC2CCCCCC2)cn1. The van der Waals surface area contributed by atoms with E-state index in [1.807, 2.05) is 6.07 Å². The minimum Gasteiger partial charge on any atom is -0.381 e. The van der Waals surface area contributed by atoms with Crippen molar-refractivity contribution in [2.75, 3.05) is 15.8 Å². The lowest BCUT2D eigenvalue weighted by atomic mass is 10.1. The van der Waals surface area contributed by atoms with Crippen molar-refractivity contribution < 1.29 is 8.42 Å². The standard InChI is InChI=1S/C14H23N3O2S/c1-2-20(18,19)17-14-10-9-13(11-15-14)16-12-7-5-3-4-6-8-12/h9-12,16H,2-8H2,1H3,(H,15,17). The molecule has 0 spiro atoms. The van der Waals surface area contributed by atoms with Crippen LogP contribution in [-0.4, -0.2) is 25.2 Å². The van der Waals surface area contributed by atoms with Crippen LogP contribution in [0.15, 0.2) is 18.3 Å². The van der Waals surface area contributed by atoms with Gasteiger partial charge in [0.1, 0.15) is 5.82 Å². The maximum absolute atomic E-state index is 11.4. The zero-order chi connectivity index (χ0) is 14.4. The lowest BCUT2D eigenvalue weighted by Gasteiger charge is -2.17. The van der Waals surface area contributed by atoms with Gasteiger partial charge in [0.2, 0.25) is 10.0 Å². The number of hydrogen-bond acceptors (Lipinski definition) is 4. The molecule has 0 saturated heterocycles. The van der Waals surface area contributed by atoms with E-state index in [1.165, 1.54) is 38.5 Å². The summed E-state index contributed by atoms with van der Waals surface area (Å²) in [5.74, 6) is 0.426. The molecule has 0 atom stereocenters. The predicted molar refractivity (Wildman–Crippen MR) is 82.4 cm³/mol. The van der Waals surface area contributed by atoms with E-state index in [2.05, 4.69) is 15.0 Å². The molecule has 5 nitrogen and oxygen atoms in total. The molecule has 0 amide bonds. The monoisotopic (exact) mass is 297 g/mol. The number of anilines is 2. The van der Waals surface area contributed by atoms with Gasteiger partial charge in [-0.05, 0) is 31.9 Å². The van der Waals surface area contributed by atoms with Gasteiger partial charge in [0.25, 0.3) is 0 Å². The minimum absolute atomic E-state index is 0.0523. The Hall–Kier alpha value is -1.30. The van der Waals surface area contributed by atoms with Gasteiger partial charge in [-0.15, -0.1) is 0 Å². The fourth-order valence-corrected chi connectivity index (χ4v) is 3.01. The van der Waals surface area contributed by atoms with E-state index in [4.69, 9.17) is 0 Å². The normalized spacial score (nSPS) is 17.4. The Morgan fingerprint density at radius 2 is 1.90 bits per heavy atom. The Labute approximate surface area is 121 Å². The van der Waals surface area contributed by atoms with E-state index >= 15 is 0 Å². The molecule has 1 aliphatic carbocycles. The summed E-state index contributed by atoms with van der Waals surface area (Å²) < 4.78 is 25.3. The molecule has 0 bridgehead atoms. The van der Waals surface area contributed by atoms with Crippen LogP contribution in [0.3, 0.4) is 0 Å². The molecule has 20 heavy (non-hydrogen) atoms. The van der Waals surface area contributed by atoms with E-state index in [-0.39, 0.29) is 5.75 Å². The van der Waals surface area contributed by atoms with Crippen LogP contribution < -0.4 is 10.0 Å². The third-order valence-corrected chi connectivity index (χ3v) is 4.91. The first-order chi connectivity index (χ1) is 9.59. The van der Waals surface area contributed by atoms with Crippen molar-refractivity contribution in [1.82, 2.24) is 4.98 Å². The average Bonchev–Trinajstić information content (AvgIpc) is 2.69. The van der Waals surface area contributed by atoms with Crippen molar-refractivity contribution in [2.24, 2.45) is 0 Å². The predicted octanol–water partition coefficient (Wildman–Crippen LogP) is 2.98. The van der Waals surface area contributed by atoms with Crippen molar-refractivity contribution in [3.8, 4) is 0 Å². The highest BCUT2D eigenvalue weighted by Gasteiger charge is 2.12. The summed E-state index contributed by atoms with van der Waals surface area (Å²) in [6, 6.07) is 4.09. The second kappa shape index (κ2) is 6.92. The second-order valence-electron chi connectivity index (χ2n) is 5.27. The Morgan fingerprint density at radius 1 is 1.20 bits per heavy atom. The third kappa shape index (κ3) is 4.67. The molecule has 2 rings (SSSR count). The second-order valence-corrected chi connectivity index (χ2v) is 7.28. The zero-order valence-electron chi connectivity index (χ0n) is 11.9. The van der Waals surface area contributed by atoms with Crippen molar-refractivity contribution in [3.05, 3.63) is 18.3 Å². The highest BCUT2D eigenvalue weighted by atomic mass is 32.2. The highest BCUT2D eigenvalue weighted by Crippen LogP contribution is 2.21. The number of aromatic nitrogens is 1. The fraction of sp³-hybridized carbons (Fsp3) is 0.643. The topological polar surface area (TPSA) is 71.1 Å². The Morgan fingerprint density at radius 3 is 2.45 bits per heavy atom. The molecule has 2 N–H and O–H groups in total. The molecule has 0 radical (unpaired) electrons. The molecule has 6 heteroatoms. The number of nitrogens with one attached hydrogen (secondary N) is 2. The zero-order valence-corrected chi connectivity index (χ0v) is 12.7. The van der Waals surface area contributed by atoms with Crippen molar-refractivity contribution in [1.29, 1.82) is 0 Å². The number of sulfonamides is 1. The molecular formula is C14H23N3O2S. The first-order valence-electron chi connectivity index (χ1n) is 7.32. The minimum atomic E-state index is -3.25. The molecule has 0 unspecified atom stereocenters. The van der Waals surface area contributed by atoms with Crippen LogP contribution in [0.5, 0.6) is 0 Å². The summed E-state index contributed by atoms with van der Waals surface area (Å²) in [5, 5.41) is 3.49. The molecule has 0 aromatic carbocycles. The summed E-state index contributed by atoms with van der Waals surface area (Å²) >= 11 is 0. The van der Waals surface area contributed by atoms with E-state index in [1.54, 1.807) is 19.2 Å². The lowest BCUT2D eigenvalue weighted by molar-refractivity contribution is 0.602. The van der Waals surface area contributed by atoms with Crippen molar-refractivity contribution in [2.45, 2.75) is 51.5 Å².